The van der Waals surface area contributed by atoms with Crippen molar-refractivity contribution in [2.24, 2.45) is 0 Å². The third kappa shape index (κ3) is 2.80. The molecule has 1 heterocycles. The number of rotatable bonds is 2. The molecule has 0 amide bonds. The zero-order chi connectivity index (χ0) is 6.53. The minimum Gasteiger partial charge on any atom is -0.380 e. The van der Waals surface area contributed by atoms with E-state index in [-0.39, 0.29) is 0 Å². The van der Waals surface area contributed by atoms with Crippen LogP contribution in [0.15, 0.2) is 0 Å². The third-order valence-corrected chi connectivity index (χ3v) is 2.13. The van der Waals surface area contributed by atoms with Crippen LogP contribution < -0.4 is 4.72 Å². The maximum absolute atomic E-state index is 5.22. The normalized spacial score (nSPS) is 28.3. The molecule has 1 saturated heterocycles. The zero-order valence-corrected chi connectivity index (χ0v) is 6.88. The van der Waals surface area contributed by atoms with Gasteiger partial charge < -0.3 is 4.74 Å². The highest BCUT2D eigenvalue weighted by Crippen LogP contribution is 2.10. The molecule has 0 bridgehead atoms. The molecule has 0 saturated carbocycles. The first kappa shape index (κ1) is 7.72. The van der Waals surface area contributed by atoms with E-state index < -0.39 is 0 Å². The monoisotopic (exact) mass is 165 g/mol. The number of ether oxygens (including phenoxy) is 1. The lowest BCUT2D eigenvalue weighted by atomic mass is 10.1. The van der Waals surface area contributed by atoms with Crippen molar-refractivity contribution in [2.75, 3.05) is 13.2 Å². The molecule has 1 N–H and O–H groups in total. The molecule has 2 nitrogen and oxygen atoms in total. The topological polar surface area (TPSA) is 21.3 Å². The van der Waals surface area contributed by atoms with Crippen molar-refractivity contribution in [3.63, 3.8) is 0 Å². The van der Waals surface area contributed by atoms with Crippen LogP contribution in [-0.2, 0) is 4.74 Å². The fraction of sp³-hybridized carbons (Fsp3) is 1.00. The Hall–Kier alpha value is 0.620. The van der Waals surface area contributed by atoms with E-state index in [1.807, 2.05) is 0 Å². The molecule has 0 aromatic carbocycles. The van der Waals surface area contributed by atoms with E-state index in [4.69, 9.17) is 4.74 Å². The van der Waals surface area contributed by atoms with Crippen LogP contribution >= 0.6 is 22.6 Å². The maximum atomic E-state index is 5.22. The number of hydrogen-bond donors (Lipinski definition) is 2. The predicted molar refractivity (Wildman–Crippen MR) is 43.6 cm³/mol. The number of hydrogen-bond acceptors (Lipinski definition) is 4. The van der Waals surface area contributed by atoms with E-state index in [1.165, 1.54) is 23.8 Å². The summed E-state index contributed by atoms with van der Waals surface area (Å²) in [5, 5.41) is 0. The molecule has 1 aliphatic rings. The van der Waals surface area contributed by atoms with Gasteiger partial charge in [-0.25, -0.2) is 4.72 Å². The molecule has 4 heteroatoms. The Bertz CT molecular complexity index is 72.6. The summed E-state index contributed by atoms with van der Waals surface area (Å²) in [4.78, 5) is 0. The van der Waals surface area contributed by atoms with Crippen LogP contribution in [0.25, 0.3) is 0 Å². The summed E-state index contributed by atoms with van der Waals surface area (Å²) in [5.74, 6) is 0. The summed E-state index contributed by atoms with van der Waals surface area (Å²) in [6, 6.07) is 0.515. The molecule has 0 aromatic heterocycles. The van der Waals surface area contributed by atoms with Crippen LogP contribution in [0, 0.1) is 0 Å². The summed E-state index contributed by atoms with van der Waals surface area (Å²) < 4.78 is 8.37. The summed E-state index contributed by atoms with van der Waals surface area (Å²) in [6.45, 7) is 1.77. The molecule has 0 aliphatic carbocycles. The SMILES string of the molecule is SSNC1CCCOC1. The Labute approximate surface area is 64.7 Å². The highest BCUT2D eigenvalue weighted by Gasteiger charge is 2.11. The average molecular weight is 165 g/mol. The van der Waals surface area contributed by atoms with Crippen molar-refractivity contribution in [2.45, 2.75) is 18.9 Å². The standard InChI is InChI=1S/C5H11NOS2/c8-9-6-5-2-1-3-7-4-5/h5-6,8H,1-4H2. The van der Waals surface area contributed by atoms with Crippen molar-refractivity contribution in [3.05, 3.63) is 0 Å². The smallest absolute Gasteiger partial charge is 0.0628 e. The van der Waals surface area contributed by atoms with Gasteiger partial charge in [0.1, 0.15) is 0 Å². The lowest BCUT2D eigenvalue weighted by molar-refractivity contribution is 0.0784. The largest absolute Gasteiger partial charge is 0.380 e. The zero-order valence-electron chi connectivity index (χ0n) is 5.17. The highest BCUT2D eigenvalue weighted by molar-refractivity contribution is 8.67. The fourth-order valence-electron chi connectivity index (χ4n) is 0.908. The van der Waals surface area contributed by atoms with Crippen LogP contribution in [-0.4, -0.2) is 19.3 Å². The van der Waals surface area contributed by atoms with Crippen molar-refractivity contribution >= 4 is 22.6 Å². The van der Waals surface area contributed by atoms with Gasteiger partial charge in [-0.3, -0.25) is 0 Å². The van der Waals surface area contributed by atoms with Crippen molar-refractivity contribution < 1.29 is 4.74 Å². The predicted octanol–water partition coefficient (Wildman–Crippen LogP) is 1.25. The Morgan fingerprint density at radius 1 is 1.67 bits per heavy atom. The molecular weight excluding hydrogens is 154 g/mol. The van der Waals surface area contributed by atoms with Crippen LogP contribution in [0.2, 0.25) is 0 Å². The van der Waals surface area contributed by atoms with Gasteiger partial charge in [-0.05, 0) is 23.8 Å². The summed E-state index contributed by atoms with van der Waals surface area (Å²) in [6.07, 6.45) is 2.39. The van der Waals surface area contributed by atoms with E-state index >= 15 is 0 Å². The first-order valence-electron chi connectivity index (χ1n) is 3.07. The number of thiol groups is 1. The van der Waals surface area contributed by atoms with Crippen molar-refractivity contribution in [1.29, 1.82) is 0 Å². The Morgan fingerprint density at radius 2 is 2.56 bits per heavy atom. The van der Waals surface area contributed by atoms with Crippen LogP contribution in [0.4, 0.5) is 0 Å². The quantitative estimate of drug-likeness (QED) is 0.365. The van der Waals surface area contributed by atoms with Gasteiger partial charge in [0.2, 0.25) is 0 Å². The van der Waals surface area contributed by atoms with Crippen LogP contribution in [0.3, 0.4) is 0 Å². The van der Waals surface area contributed by atoms with Gasteiger partial charge in [0.25, 0.3) is 0 Å². The van der Waals surface area contributed by atoms with E-state index in [0.717, 1.165) is 13.2 Å². The second-order valence-electron chi connectivity index (χ2n) is 2.12. The molecule has 54 valence electrons. The minimum atomic E-state index is 0.515. The third-order valence-electron chi connectivity index (χ3n) is 1.38. The van der Waals surface area contributed by atoms with Gasteiger partial charge in [0, 0.05) is 12.6 Å². The molecule has 1 unspecified atom stereocenters. The maximum Gasteiger partial charge on any atom is 0.0628 e. The number of nitrogens with one attached hydrogen (secondary N) is 1. The second kappa shape index (κ2) is 4.44. The minimum absolute atomic E-state index is 0.515. The second-order valence-corrected chi connectivity index (χ2v) is 3.09. The molecule has 1 fully saturated rings. The van der Waals surface area contributed by atoms with Crippen LogP contribution in [0.5, 0.6) is 0 Å². The van der Waals surface area contributed by atoms with E-state index in [9.17, 15) is 0 Å². The molecule has 9 heavy (non-hydrogen) atoms. The first-order chi connectivity index (χ1) is 4.43. The van der Waals surface area contributed by atoms with Gasteiger partial charge in [0.15, 0.2) is 0 Å². The highest BCUT2D eigenvalue weighted by atomic mass is 33.1. The Morgan fingerprint density at radius 3 is 3.11 bits per heavy atom. The summed E-state index contributed by atoms with van der Waals surface area (Å²) in [7, 11) is 1.37. The summed E-state index contributed by atoms with van der Waals surface area (Å²) >= 11 is 3.98. The Kier molecular flexibility index (Phi) is 3.81. The molecule has 0 spiro atoms. The van der Waals surface area contributed by atoms with E-state index in [1.54, 1.807) is 0 Å². The van der Waals surface area contributed by atoms with Crippen molar-refractivity contribution in [3.8, 4) is 0 Å². The van der Waals surface area contributed by atoms with Gasteiger partial charge in [-0.2, -0.15) is 0 Å². The molecule has 0 aromatic rings. The van der Waals surface area contributed by atoms with Gasteiger partial charge >= 0.3 is 0 Å². The first-order valence-corrected chi connectivity index (χ1v) is 4.94. The van der Waals surface area contributed by atoms with Gasteiger partial charge in [-0.1, -0.05) is 11.7 Å². The van der Waals surface area contributed by atoms with Crippen LogP contribution in [0.1, 0.15) is 12.8 Å². The molecular formula is C5H11NOS2. The molecule has 1 atom stereocenters. The van der Waals surface area contributed by atoms with Gasteiger partial charge in [-0.15, -0.1) is 0 Å². The van der Waals surface area contributed by atoms with Crippen molar-refractivity contribution in [1.82, 2.24) is 4.72 Å². The fourth-order valence-corrected chi connectivity index (χ4v) is 1.69. The molecule has 1 rings (SSSR count). The van der Waals surface area contributed by atoms with E-state index in [0.29, 0.717) is 6.04 Å². The van der Waals surface area contributed by atoms with E-state index in [2.05, 4.69) is 16.4 Å². The van der Waals surface area contributed by atoms with Gasteiger partial charge in [0.05, 0.1) is 6.61 Å². The lowest BCUT2D eigenvalue weighted by Gasteiger charge is -2.21. The summed E-state index contributed by atoms with van der Waals surface area (Å²) in [5.41, 5.74) is 0. The molecule has 1 aliphatic heterocycles. The average Bonchev–Trinajstić information content (AvgIpc) is 1.91. The molecule has 0 radical (unpaired) electrons. The lowest BCUT2D eigenvalue weighted by Crippen LogP contribution is -2.31. The Balaban J connectivity index is 2.08.